The summed E-state index contributed by atoms with van der Waals surface area (Å²) in [6.45, 7) is 3.05. The van der Waals surface area contributed by atoms with Crippen LogP contribution in [0.15, 0.2) is 12.3 Å². The van der Waals surface area contributed by atoms with Crippen LogP contribution in [0.4, 0.5) is 19.0 Å². The number of alkyl halides is 3. The van der Waals surface area contributed by atoms with Crippen molar-refractivity contribution >= 4 is 23.3 Å². The smallest absolute Gasteiger partial charge is 0.357 e. The lowest BCUT2D eigenvalue weighted by Crippen LogP contribution is -2.39. The predicted molar refractivity (Wildman–Crippen MR) is 73.1 cm³/mol. The van der Waals surface area contributed by atoms with E-state index in [1.807, 2.05) is 0 Å². The van der Waals surface area contributed by atoms with E-state index in [0.29, 0.717) is 19.3 Å². The third-order valence-electron chi connectivity index (χ3n) is 3.31. The van der Waals surface area contributed by atoms with Crippen LogP contribution in [-0.2, 0) is 11.0 Å². The van der Waals surface area contributed by atoms with Gasteiger partial charge >= 0.3 is 6.18 Å². The number of aromatic nitrogens is 1. The number of anilines is 1. The van der Waals surface area contributed by atoms with Crippen molar-refractivity contribution in [2.24, 2.45) is 0 Å². The number of rotatable bonds is 3. The van der Waals surface area contributed by atoms with Crippen molar-refractivity contribution in [3.05, 3.63) is 22.8 Å². The van der Waals surface area contributed by atoms with Gasteiger partial charge in [-0.1, -0.05) is 11.6 Å². The van der Waals surface area contributed by atoms with E-state index in [-0.39, 0.29) is 16.7 Å². The van der Waals surface area contributed by atoms with Gasteiger partial charge in [0.25, 0.3) is 0 Å². The van der Waals surface area contributed by atoms with Crippen molar-refractivity contribution in [1.29, 1.82) is 0 Å². The van der Waals surface area contributed by atoms with Gasteiger partial charge in [0.05, 0.1) is 10.6 Å². The molecule has 0 spiro atoms. The third-order valence-corrected chi connectivity index (χ3v) is 3.60. The molecule has 116 valence electrons. The molecule has 1 fully saturated rings. The second-order valence-corrected chi connectivity index (χ2v) is 5.36. The zero-order chi connectivity index (χ0) is 15.6. The summed E-state index contributed by atoms with van der Waals surface area (Å²) in [5, 5.41) is 2.60. The fourth-order valence-electron chi connectivity index (χ4n) is 2.18. The second-order valence-electron chi connectivity index (χ2n) is 4.95. The molecule has 1 unspecified atom stereocenters. The van der Waals surface area contributed by atoms with Crippen LogP contribution in [0, 0.1) is 0 Å². The highest BCUT2D eigenvalue weighted by Crippen LogP contribution is 2.32. The van der Waals surface area contributed by atoms with E-state index < -0.39 is 17.8 Å². The second kappa shape index (κ2) is 6.09. The number of amides is 1. The van der Waals surface area contributed by atoms with Crippen LogP contribution >= 0.6 is 11.6 Å². The fraction of sp³-hybridized carbons (Fsp3) is 0.538. The van der Waals surface area contributed by atoms with Gasteiger partial charge in [0.1, 0.15) is 11.9 Å². The van der Waals surface area contributed by atoms with Gasteiger partial charge < -0.3 is 10.2 Å². The minimum Gasteiger partial charge on any atom is -0.357 e. The monoisotopic (exact) mass is 321 g/mol. The van der Waals surface area contributed by atoms with E-state index in [9.17, 15) is 18.0 Å². The third kappa shape index (κ3) is 3.78. The number of nitrogens with zero attached hydrogens (tertiary/aromatic N) is 2. The zero-order valence-electron chi connectivity index (χ0n) is 11.4. The van der Waals surface area contributed by atoms with Gasteiger partial charge in [-0.05, 0) is 25.8 Å². The van der Waals surface area contributed by atoms with Gasteiger partial charge in [-0.25, -0.2) is 4.98 Å². The van der Waals surface area contributed by atoms with Crippen LogP contribution in [0.1, 0.15) is 25.3 Å². The fourth-order valence-corrected chi connectivity index (χ4v) is 2.40. The van der Waals surface area contributed by atoms with Crippen LogP contribution < -0.4 is 5.32 Å². The molecule has 8 heteroatoms. The molecule has 1 amide bonds. The first-order valence-electron chi connectivity index (χ1n) is 6.57. The molecule has 0 saturated carbocycles. The maximum Gasteiger partial charge on any atom is 0.417 e. The molecular weight excluding hydrogens is 307 g/mol. The van der Waals surface area contributed by atoms with E-state index in [0.717, 1.165) is 18.9 Å². The Hall–Kier alpha value is -1.50. The van der Waals surface area contributed by atoms with Crippen LogP contribution in [0.3, 0.4) is 0 Å². The zero-order valence-corrected chi connectivity index (χ0v) is 12.1. The molecule has 4 nitrogen and oxygen atoms in total. The molecule has 0 aliphatic carbocycles. The SMILES string of the molecule is CC(Nc1ncc(C(F)(F)F)cc1Cl)C(=O)N1CCCC1. The van der Waals surface area contributed by atoms with Gasteiger partial charge in [-0.3, -0.25) is 4.79 Å². The van der Waals surface area contributed by atoms with Crippen LogP contribution in [0.5, 0.6) is 0 Å². The quantitative estimate of drug-likeness (QED) is 0.930. The van der Waals surface area contributed by atoms with Crippen LogP contribution in [-0.4, -0.2) is 34.9 Å². The van der Waals surface area contributed by atoms with Crippen LogP contribution in [0.25, 0.3) is 0 Å². The summed E-state index contributed by atoms with van der Waals surface area (Å²) in [5.74, 6) is -0.0324. The van der Waals surface area contributed by atoms with E-state index in [2.05, 4.69) is 10.3 Å². The lowest BCUT2D eigenvalue weighted by Gasteiger charge is -2.22. The number of halogens is 4. The van der Waals surface area contributed by atoms with Gasteiger partial charge in [0, 0.05) is 19.3 Å². The van der Waals surface area contributed by atoms with Gasteiger partial charge in [-0.15, -0.1) is 0 Å². The molecule has 2 rings (SSSR count). The van der Waals surface area contributed by atoms with Crippen molar-refractivity contribution in [2.45, 2.75) is 32.0 Å². The lowest BCUT2D eigenvalue weighted by atomic mass is 10.2. The Morgan fingerprint density at radius 3 is 2.57 bits per heavy atom. The summed E-state index contributed by atoms with van der Waals surface area (Å²) >= 11 is 5.79. The lowest BCUT2D eigenvalue weighted by molar-refractivity contribution is -0.137. The minimum absolute atomic E-state index is 0.0738. The van der Waals surface area contributed by atoms with Crippen molar-refractivity contribution in [1.82, 2.24) is 9.88 Å². The van der Waals surface area contributed by atoms with Crippen molar-refractivity contribution in [3.8, 4) is 0 Å². The Morgan fingerprint density at radius 1 is 1.43 bits per heavy atom. The molecule has 0 bridgehead atoms. The van der Waals surface area contributed by atoms with Crippen LogP contribution in [0.2, 0.25) is 5.02 Å². The highest BCUT2D eigenvalue weighted by Gasteiger charge is 2.32. The molecule has 0 aromatic carbocycles. The van der Waals surface area contributed by atoms with E-state index in [1.165, 1.54) is 0 Å². The van der Waals surface area contributed by atoms with E-state index >= 15 is 0 Å². The number of nitrogens with one attached hydrogen (secondary N) is 1. The van der Waals surface area contributed by atoms with E-state index in [4.69, 9.17) is 11.6 Å². The first-order valence-corrected chi connectivity index (χ1v) is 6.95. The molecule has 1 aromatic rings. The number of carbonyl (C=O) groups excluding carboxylic acids is 1. The standard InChI is InChI=1S/C13H15ClF3N3O/c1-8(12(21)20-4-2-3-5-20)19-11-10(14)6-9(7-18-11)13(15,16)17/h6-8H,2-5H2,1H3,(H,18,19). The molecule has 21 heavy (non-hydrogen) atoms. The molecule has 1 aliphatic rings. The highest BCUT2D eigenvalue weighted by atomic mass is 35.5. The van der Waals surface area contributed by atoms with Gasteiger partial charge in [-0.2, -0.15) is 13.2 Å². The molecule has 1 N–H and O–H groups in total. The summed E-state index contributed by atoms with van der Waals surface area (Å²) in [4.78, 5) is 17.5. The summed E-state index contributed by atoms with van der Waals surface area (Å²) in [5.41, 5.74) is -0.920. The first-order chi connectivity index (χ1) is 9.79. The number of likely N-dealkylation sites (tertiary alicyclic amines) is 1. The Balaban J connectivity index is 2.07. The topological polar surface area (TPSA) is 45.2 Å². The molecule has 2 heterocycles. The van der Waals surface area contributed by atoms with Gasteiger partial charge in [0.15, 0.2) is 0 Å². The highest BCUT2D eigenvalue weighted by molar-refractivity contribution is 6.33. The van der Waals surface area contributed by atoms with Gasteiger partial charge in [0.2, 0.25) is 5.91 Å². The Kier molecular flexibility index (Phi) is 4.61. The first kappa shape index (κ1) is 15.9. The number of hydrogen-bond donors (Lipinski definition) is 1. The molecule has 1 saturated heterocycles. The molecule has 1 atom stereocenters. The Labute approximate surface area is 125 Å². The van der Waals surface area contributed by atoms with Crippen molar-refractivity contribution in [3.63, 3.8) is 0 Å². The average Bonchev–Trinajstić information content (AvgIpc) is 2.92. The summed E-state index contributed by atoms with van der Waals surface area (Å²) < 4.78 is 37.5. The van der Waals surface area contributed by atoms with Crippen molar-refractivity contribution < 1.29 is 18.0 Å². The summed E-state index contributed by atoms with van der Waals surface area (Å²) in [6, 6.07) is 0.203. The maximum atomic E-state index is 12.5. The normalized spacial score (nSPS) is 16.9. The summed E-state index contributed by atoms with van der Waals surface area (Å²) in [7, 11) is 0. The largest absolute Gasteiger partial charge is 0.417 e. The van der Waals surface area contributed by atoms with E-state index in [1.54, 1.807) is 11.8 Å². The summed E-state index contributed by atoms with van der Waals surface area (Å²) in [6.07, 6.45) is -1.86. The molecular formula is C13H15ClF3N3O. The predicted octanol–water partition coefficient (Wildman–Crippen LogP) is 3.18. The maximum absolute atomic E-state index is 12.5. The minimum atomic E-state index is -4.49. The van der Waals surface area contributed by atoms with Crippen molar-refractivity contribution in [2.75, 3.05) is 18.4 Å². The Bertz CT molecular complexity index is 530. The molecule has 0 radical (unpaired) electrons. The average molecular weight is 322 g/mol. The number of hydrogen-bond acceptors (Lipinski definition) is 3. The molecule has 1 aromatic heterocycles. The molecule has 1 aliphatic heterocycles. The Morgan fingerprint density at radius 2 is 2.05 bits per heavy atom. The number of carbonyl (C=O) groups is 1. The number of pyridine rings is 1.